The molecule has 1 aliphatic heterocycles. The highest BCUT2D eigenvalue weighted by Gasteiger charge is 2.30. The van der Waals surface area contributed by atoms with E-state index < -0.39 is 16.1 Å². The Morgan fingerprint density at radius 2 is 1.66 bits per heavy atom. The average Bonchev–Trinajstić information content (AvgIpc) is 2.97. The van der Waals surface area contributed by atoms with E-state index in [-0.39, 0.29) is 37.7 Å². The number of carbonyl (C=O) groups is 2. The molecular formula is C30H34ClN3O6S. The van der Waals surface area contributed by atoms with Gasteiger partial charge in [-0.3, -0.25) is 13.9 Å². The molecule has 3 aromatic rings. The lowest BCUT2D eigenvalue weighted by atomic mass is 10.0. The molecule has 4 rings (SSSR count). The summed E-state index contributed by atoms with van der Waals surface area (Å²) in [5, 5.41) is 3.17. The van der Waals surface area contributed by atoms with Gasteiger partial charge in [0.05, 0.1) is 11.9 Å². The number of carbonyl (C=O) groups excluding carboxylic acids is 2. The van der Waals surface area contributed by atoms with E-state index in [9.17, 15) is 18.0 Å². The molecule has 11 heteroatoms. The molecule has 0 aromatic heterocycles. The summed E-state index contributed by atoms with van der Waals surface area (Å²) in [7, 11) is -2.12. The van der Waals surface area contributed by atoms with Crippen LogP contribution in [0.1, 0.15) is 24.0 Å². The van der Waals surface area contributed by atoms with Crippen LogP contribution >= 0.6 is 11.6 Å². The number of amides is 2. The average molecular weight is 600 g/mol. The van der Waals surface area contributed by atoms with Gasteiger partial charge in [0, 0.05) is 44.1 Å². The number of halogens is 1. The first-order valence-corrected chi connectivity index (χ1v) is 15.6. The van der Waals surface area contributed by atoms with Crippen molar-refractivity contribution in [3.05, 3.63) is 88.9 Å². The molecule has 1 unspecified atom stereocenters. The summed E-state index contributed by atoms with van der Waals surface area (Å²) < 4.78 is 37.9. The summed E-state index contributed by atoms with van der Waals surface area (Å²) in [6, 6.07) is 20.8. The molecule has 1 atom stereocenters. The molecule has 0 fully saturated rings. The summed E-state index contributed by atoms with van der Waals surface area (Å²) >= 11 is 6.43. The number of sulfonamides is 1. The number of nitrogens with zero attached hydrogens (tertiary/aromatic N) is 2. The Labute approximate surface area is 246 Å². The van der Waals surface area contributed by atoms with Crippen LogP contribution in [0.5, 0.6) is 11.5 Å². The number of fused-ring (bicyclic) bond motifs is 1. The Bertz CT molecular complexity index is 1470. The first-order valence-electron chi connectivity index (χ1n) is 13.3. The van der Waals surface area contributed by atoms with Gasteiger partial charge in [0.25, 0.3) is 0 Å². The highest BCUT2D eigenvalue weighted by atomic mass is 35.5. The van der Waals surface area contributed by atoms with Crippen molar-refractivity contribution in [3.8, 4) is 11.5 Å². The van der Waals surface area contributed by atoms with Crippen molar-refractivity contribution < 1.29 is 27.5 Å². The number of hydrogen-bond donors (Lipinski definition) is 1. The smallest absolute Gasteiger partial charge is 0.242 e. The number of hydrogen-bond acceptors (Lipinski definition) is 6. The molecule has 0 saturated heterocycles. The topological polar surface area (TPSA) is 105 Å². The van der Waals surface area contributed by atoms with Crippen LogP contribution in [0.2, 0.25) is 5.02 Å². The predicted molar refractivity (Wildman–Crippen MR) is 159 cm³/mol. The molecule has 41 heavy (non-hydrogen) atoms. The Kier molecular flexibility index (Phi) is 10.1. The first-order chi connectivity index (χ1) is 19.7. The van der Waals surface area contributed by atoms with Gasteiger partial charge >= 0.3 is 0 Å². The van der Waals surface area contributed by atoms with E-state index in [2.05, 4.69) is 5.32 Å². The summed E-state index contributed by atoms with van der Waals surface area (Å²) in [5.41, 5.74) is 2.03. The molecular weight excluding hydrogens is 566 g/mol. The number of rotatable bonds is 12. The van der Waals surface area contributed by atoms with Crippen LogP contribution in [0.25, 0.3) is 0 Å². The molecule has 2 amide bonds. The van der Waals surface area contributed by atoms with Crippen molar-refractivity contribution in [3.63, 3.8) is 0 Å². The monoisotopic (exact) mass is 599 g/mol. The third-order valence-corrected chi connectivity index (χ3v) is 8.34. The first kappa shape index (κ1) is 30.2. The van der Waals surface area contributed by atoms with E-state index in [4.69, 9.17) is 21.1 Å². The van der Waals surface area contributed by atoms with Crippen LogP contribution in [-0.2, 0) is 32.6 Å². The highest BCUT2D eigenvalue weighted by Crippen LogP contribution is 2.35. The van der Waals surface area contributed by atoms with Gasteiger partial charge in [-0.1, -0.05) is 60.1 Å². The van der Waals surface area contributed by atoms with Crippen LogP contribution in [0, 0.1) is 0 Å². The van der Waals surface area contributed by atoms with Gasteiger partial charge in [0.2, 0.25) is 21.8 Å². The minimum Gasteiger partial charge on any atom is -0.486 e. The third-order valence-electron chi connectivity index (χ3n) is 6.78. The van der Waals surface area contributed by atoms with Crippen LogP contribution in [0.3, 0.4) is 0 Å². The molecule has 0 aliphatic carbocycles. The molecule has 0 spiro atoms. The Hall–Kier alpha value is -3.76. The van der Waals surface area contributed by atoms with E-state index in [0.717, 1.165) is 11.8 Å². The SMILES string of the molecule is CNC(=O)C(Cc1ccccc1)N(Cc1ccccc1Cl)C(=O)CCCN(c1ccc2c(c1)OCCO2)S(C)(=O)=O. The molecule has 0 saturated carbocycles. The normalized spacial score (nSPS) is 13.2. The lowest BCUT2D eigenvalue weighted by Crippen LogP contribution is -2.49. The van der Waals surface area contributed by atoms with Crippen molar-refractivity contribution in [2.24, 2.45) is 0 Å². The van der Waals surface area contributed by atoms with E-state index in [0.29, 0.717) is 47.4 Å². The molecule has 0 radical (unpaired) electrons. The number of nitrogens with one attached hydrogen (secondary N) is 1. The van der Waals surface area contributed by atoms with Crippen molar-refractivity contribution in [1.29, 1.82) is 0 Å². The van der Waals surface area contributed by atoms with Crippen LogP contribution in [0.15, 0.2) is 72.8 Å². The summed E-state index contributed by atoms with van der Waals surface area (Å²) in [4.78, 5) is 28.4. The van der Waals surface area contributed by atoms with Crippen molar-refractivity contribution >= 4 is 39.1 Å². The second kappa shape index (κ2) is 13.7. The highest BCUT2D eigenvalue weighted by molar-refractivity contribution is 7.92. The number of anilines is 1. The molecule has 1 N–H and O–H groups in total. The van der Waals surface area contributed by atoms with Crippen molar-refractivity contribution in [1.82, 2.24) is 10.2 Å². The van der Waals surface area contributed by atoms with Crippen LogP contribution < -0.4 is 19.1 Å². The maximum atomic E-state index is 13.8. The molecule has 3 aromatic carbocycles. The van der Waals surface area contributed by atoms with E-state index in [1.165, 1.54) is 16.3 Å². The van der Waals surface area contributed by atoms with Gasteiger partial charge in [-0.15, -0.1) is 0 Å². The molecule has 9 nitrogen and oxygen atoms in total. The van der Waals surface area contributed by atoms with Crippen LogP contribution in [0.4, 0.5) is 5.69 Å². The maximum Gasteiger partial charge on any atom is 0.242 e. The lowest BCUT2D eigenvalue weighted by molar-refractivity contribution is -0.141. The zero-order chi connectivity index (χ0) is 29.4. The van der Waals surface area contributed by atoms with E-state index >= 15 is 0 Å². The van der Waals surface area contributed by atoms with E-state index in [1.54, 1.807) is 30.3 Å². The fourth-order valence-corrected chi connectivity index (χ4v) is 5.87. The molecule has 1 aliphatic rings. The second-order valence-electron chi connectivity index (χ2n) is 9.70. The Morgan fingerprint density at radius 3 is 2.34 bits per heavy atom. The fraction of sp³-hybridized carbons (Fsp3) is 0.333. The summed E-state index contributed by atoms with van der Waals surface area (Å²) in [6.45, 7) is 0.992. The van der Waals surface area contributed by atoms with Crippen molar-refractivity contribution in [2.45, 2.75) is 31.8 Å². The van der Waals surface area contributed by atoms with Crippen LogP contribution in [-0.4, -0.2) is 64.2 Å². The standard InChI is InChI=1S/C30H34ClN3O6S/c1-32-30(36)26(19-22-9-4-3-5-10-22)33(21-23-11-6-7-12-25(23)31)29(35)13-8-16-34(41(2,37)38)24-14-15-27-28(20-24)40-18-17-39-27/h3-7,9-12,14-15,20,26H,8,13,16-19,21H2,1-2H3,(H,32,36). The summed E-state index contributed by atoms with van der Waals surface area (Å²) in [6.07, 6.45) is 1.68. The zero-order valence-electron chi connectivity index (χ0n) is 23.1. The van der Waals surface area contributed by atoms with Gasteiger partial charge < -0.3 is 19.7 Å². The largest absolute Gasteiger partial charge is 0.486 e. The minimum absolute atomic E-state index is 0.0172. The van der Waals surface area contributed by atoms with Gasteiger partial charge in [-0.2, -0.15) is 0 Å². The molecule has 0 bridgehead atoms. The van der Waals surface area contributed by atoms with Gasteiger partial charge in [-0.05, 0) is 35.7 Å². The second-order valence-corrected chi connectivity index (χ2v) is 12.0. The predicted octanol–water partition coefficient (Wildman–Crippen LogP) is 4.04. The maximum absolute atomic E-state index is 13.8. The van der Waals surface area contributed by atoms with Gasteiger partial charge in [0.15, 0.2) is 11.5 Å². The fourth-order valence-electron chi connectivity index (χ4n) is 4.72. The number of likely N-dealkylation sites (N-methyl/N-ethyl adjacent to an activating group) is 1. The van der Waals surface area contributed by atoms with E-state index in [1.807, 2.05) is 42.5 Å². The molecule has 1 heterocycles. The zero-order valence-corrected chi connectivity index (χ0v) is 24.7. The number of benzene rings is 3. The Morgan fingerprint density at radius 1 is 0.976 bits per heavy atom. The Balaban J connectivity index is 1.55. The lowest BCUT2D eigenvalue weighted by Gasteiger charge is -2.32. The minimum atomic E-state index is -3.66. The van der Waals surface area contributed by atoms with Gasteiger partial charge in [-0.25, -0.2) is 8.42 Å². The quantitative estimate of drug-likeness (QED) is 0.337. The summed E-state index contributed by atoms with van der Waals surface area (Å²) in [5.74, 6) is 0.435. The molecule has 218 valence electrons. The van der Waals surface area contributed by atoms with Crippen molar-refractivity contribution in [2.75, 3.05) is 37.4 Å². The van der Waals surface area contributed by atoms with Gasteiger partial charge in [0.1, 0.15) is 19.3 Å². The third kappa shape index (κ3) is 7.92. The number of ether oxygens (including phenoxy) is 2.